The maximum Gasteiger partial charge on any atom is 0.316 e. The summed E-state index contributed by atoms with van der Waals surface area (Å²) in [6.45, 7) is 5.98. The molecule has 0 aromatic carbocycles. The zero-order valence-electron chi connectivity index (χ0n) is 12.5. The molecule has 0 N–H and O–H groups in total. The van der Waals surface area contributed by atoms with Crippen molar-refractivity contribution < 1.29 is 13.9 Å². The second kappa shape index (κ2) is 8.14. The zero-order valence-corrected chi connectivity index (χ0v) is 14.2. The Hall–Kier alpha value is -1.61. The molecule has 0 spiro atoms. The molecule has 0 aliphatic heterocycles. The maximum absolute atomic E-state index is 11.2. The quantitative estimate of drug-likeness (QED) is 0.428. The summed E-state index contributed by atoms with van der Waals surface area (Å²) in [5.74, 6) is 0.808. The van der Waals surface area contributed by atoms with E-state index in [4.69, 9.17) is 9.15 Å². The summed E-state index contributed by atoms with van der Waals surface area (Å²) in [7, 11) is 0. The average Bonchev–Trinajstić information content (AvgIpc) is 2.90. The van der Waals surface area contributed by atoms with Gasteiger partial charge in [0.1, 0.15) is 5.75 Å². The Morgan fingerprint density at radius 2 is 1.95 bits per heavy atom. The number of rotatable bonds is 7. The van der Waals surface area contributed by atoms with Crippen molar-refractivity contribution in [2.24, 2.45) is 0 Å². The Morgan fingerprint density at radius 1 is 1.23 bits per heavy atom. The Kier molecular flexibility index (Phi) is 6.20. The minimum absolute atomic E-state index is 0.156. The van der Waals surface area contributed by atoms with Crippen LogP contribution >= 0.6 is 23.5 Å². The highest BCUT2D eigenvalue weighted by Gasteiger charge is 2.11. The standard InChI is InChI=1S/C13H16N4O3S2/c1-4-19-11(18)7-22-13-17-16-10(20-13)6-21-12-14-8(2)5-9(3)15-12/h5H,4,6-7H2,1-3H3. The van der Waals surface area contributed by atoms with Gasteiger partial charge in [-0.3, -0.25) is 4.79 Å². The molecule has 0 saturated carbocycles. The van der Waals surface area contributed by atoms with Gasteiger partial charge in [-0.1, -0.05) is 23.5 Å². The fourth-order valence-electron chi connectivity index (χ4n) is 1.56. The Balaban J connectivity index is 1.85. The first kappa shape index (κ1) is 16.8. The van der Waals surface area contributed by atoms with Crippen molar-refractivity contribution in [3.05, 3.63) is 23.3 Å². The van der Waals surface area contributed by atoms with Crippen molar-refractivity contribution in [2.45, 2.75) is 36.9 Å². The molecule has 2 aromatic heterocycles. The third kappa shape index (κ3) is 5.30. The van der Waals surface area contributed by atoms with Gasteiger partial charge >= 0.3 is 5.97 Å². The van der Waals surface area contributed by atoms with Crippen molar-refractivity contribution >= 4 is 29.5 Å². The van der Waals surface area contributed by atoms with Crippen LogP contribution in [0.25, 0.3) is 0 Å². The first-order chi connectivity index (χ1) is 10.6. The number of thioether (sulfide) groups is 2. The van der Waals surface area contributed by atoms with Crippen LogP contribution in [-0.4, -0.2) is 38.5 Å². The third-order valence-corrected chi connectivity index (χ3v) is 3.98. The van der Waals surface area contributed by atoms with Crippen LogP contribution in [0.15, 0.2) is 20.9 Å². The summed E-state index contributed by atoms with van der Waals surface area (Å²) >= 11 is 2.59. The van der Waals surface area contributed by atoms with E-state index in [0.717, 1.165) is 23.1 Å². The molecule has 22 heavy (non-hydrogen) atoms. The van der Waals surface area contributed by atoms with E-state index >= 15 is 0 Å². The molecule has 2 heterocycles. The van der Waals surface area contributed by atoms with Gasteiger partial charge in [-0.25, -0.2) is 9.97 Å². The van der Waals surface area contributed by atoms with Crippen molar-refractivity contribution in [3.63, 3.8) is 0 Å². The molecule has 7 nitrogen and oxygen atoms in total. The number of carbonyl (C=O) groups excluding carboxylic acids is 1. The molecule has 0 unspecified atom stereocenters. The fourth-order valence-corrected chi connectivity index (χ4v) is 2.93. The molecule has 118 valence electrons. The number of esters is 1. The monoisotopic (exact) mass is 340 g/mol. The van der Waals surface area contributed by atoms with Crippen LogP contribution in [0.3, 0.4) is 0 Å². The van der Waals surface area contributed by atoms with Gasteiger partial charge in [0.15, 0.2) is 5.16 Å². The smallest absolute Gasteiger partial charge is 0.316 e. The number of hydrogen-bond acceptors (Lipinski definition) is 9. The SMILES string of the molecule is CCOC(=O)CSc1nnc(CSc2nc(C)cc(C)n2)o1. The molecule has 0 radical (unpaired) electrons. The van der Waals surface area contributed by atoms with E-state index < -0.39 is 0 Å². The molecule has 2 aromatic rings. The van der Waals surface area contributed by atoms with Gasteiger partial charge in [-0.2, -0.15) is 0 Å². The molecule has 0 saturated heterocycles. The molecule has 9 heteroatoms. The maximum atomic E-state index is 11.2. The number of hydrogen-bond donors (Lipinski definition) is 0. The van der Waals surface area contributed by atoms with Crippen LogP contribution in [0, 0.1) is 13.8 Å². The lowest BCUT2D eigenvalue weighted by molar-refractivity contribution is -0.139. The van der Waals surface area contributed by atoms with E-state index in [9.17, 15) is 4.79 Å². The normalized spacial score (nSPS) is 10.7. The summed E-state index contributed by atoms with van der Waals surface area (Å²) in [6.07, 6.45) is 0. The summed E-state index contributed by atoms with van der Waals surface area (Å²) < 4.78 is 10.3. The first-order valence-electron chi connectivity index (χ1n) is 6.62. The summed E-state index contributed by atoms with van der Waals surface area (Å²) in [5.41, 5.74) is 1.84. The van der Waals surface area contributed by atoms with Crippen LogP contribution in [0.2, 0.25) is 0 Å². The number of nitrogens with zero attached hydrogens (tertiary/aromatic N) is 4. The second-order valence-electron chi connectivity index (χ2n) is 4.28. The first-order valence-corrected chi connectivity index (χ1v) is 8.60. The van der Waals surface area contributed by atoms with Crippen molar-refractivity contribution in [2.75, 3.05) is 12.4 Å². The highest BCUT2D eigenvalue weighted by atomic mass is 32.2. The van der Waals surface area contributed by atoms with Gasteiger partial charge in [0.25, 0.3) is 5.22 Å². The summed E-state index contributed by atoms with van der Waals surface area (Å²) in [4.78, 5) is 19.9. The molecular weight excluding hydrogens is 324 g/mol. The van der Waals surface area contributed by atoms with E-state index in [1.165, 1.54) is 11.8 Å². The van der Waals surface area contributed by atoms with Crippen LogP contribution in [0.1, 0.15) is 24.2 Å². The van der Waals surface area contributed by atoms with Crippen LogP contribution in [-0.2, 0) is 15.3 Å². The minimum atomic E-state index is -0.301. The van der Waals surface area contributed by atoms with E-state index in [1.807, 2.05) is 19.9 Å². The van der Waals surface area contributed by atoms with Crippen LogP contribution < -0.4 is 0 Å². The lowest BCUT2D eigenvalue weighted by Crippen LogP contribution is -2.06. The fraction of sp³-hybridized carbons (Fsp3) is 0.462. The summed E-state index contributed by atoms with van der Waals surface area (Å²) in [6, 6.07) is 1.92. The van der Waals surface area contributed by atoms with Crippen molar-refractivity contribution in [1.82, 2.24) is 20.2 Å². The van der Waals surface area contributed by atoms with Crippen molar-refractivity contribution in [1.29, 1.82) is 0 Å². The van der Waals surface area contributed by atoms with Crippen molar-refractivity contribution in [3.8, 4) is 0 Å². The van der Waals surface area contributed by atoms with Gasteiger partial charge < -0.3 is 9.15 Å². The average molecular weight is 340 g/mol. The third-order valence-electron chi connectivity index (χ3n) is 2.35. The van der Waals surface area contributed by atoms with E-state index in [1.54, 1.807) is 6.92 Å². The molecule has 0 aliphatic carbocycles. The molecule has 0 fully saturated rings. The summed E-state index contributed by atoms with van der Waals surface area (Å²) in [5, 5.41) is 8.84. The zero-order chi connectivity index (χ0) is 15.9. The lowest BCUT2D eigenvalue weighted by Gasteiger charge is -2.00. The topological polar surface area (TPSA) is 91.0 Å². The molecule has 2 rings (SSSR count). The number of aryl methyl sites for hydroxylation is 2. The van der Waals surface area contributed by atoms with E-state index in [2.05, 4.69) is 20.2 Å². The van der Waals surface area contributed by atoms with Gasteiger partial charge in [-0.15, -0.1) is 10.2 Å². The van der Waals surface area contributed by atoms with Gasteiger partial charge in [0, 0.05) is 11.4 Å². The highest BCUT2D eigenvalue weighted by molar-refractivity contribution is 7.99. The van der Waals surface area contributed by atoms with Gasteiger partial charge in [0.2, 0.25) is 5.89 Å². The van der Waals surface area contributed by atoms with Gasteiger partial charge in [-0.05, 0) is 26.8 Å². The molecule has 0 amide bonds. The van der Waals surface area contributed by atoms with Crippen LogP contribution in [0.5, 0.6) is 0 Å². The predicted molar refractivity (Wildman–Crippen MR) is 82.7 cm³/mol. The lowest BCUT2D eigenvalue weighted by atomic mass is 10.4. The molecule has 0 bridgehead atoms. The number of aromatic nitrogens is 4. The molecule has 0 atom stereocenters. The largest absolute Gasteiger partial charge is 0.465 e. The van der Waals surface area contributed by atoms with Crippen LogP contribution in [0.4, 0.5) is 0 Å². The predicted octanol–water partition coefficient (Wildman–Crippen LogP) is 2.42. The van der Waals surface area contributed by atoms with Gasteiger partial charge in [0.05, 0.1) is 12.4 Å². The Labute approximate surface area is 136 Å². The number of carbonyl (C=O) groups is 1. The molecule has 0 aliphatic rings. The number of ether oxygens (including phenoxy) is 1. The van der Waals surface area contributed by atoms with E-state index in [0.29, 0.717) is 28.6 Å². The Morgan fingerprint density at radius 3 is 2.64 bits per heavy atom. The van der Waals surface area contributed by atoms with E-state index in [-0.39, 0.29) is 11.7 Å². The highest BCUT2D eigenvalue weighted by Crippen LogP contribution is 2.22. The second-order valence-corrected chi connectivity index (χ2v) is 6.15. The minimum Gasteiger partial charge on any atom is -0.465 e. The Bertz CT molecular complexity index is 628. The molecular formula is C13H16N4O3S2.